The molecule has 3 aliphatic carbocycles. The fraction of sp³-hybridized carbons (Fsp3) is 0.917. The standard InChI is InChI=1S/C36H58O19/c37-12-24-28(44)30(46)32(48)35(54-24)52-22-10-17(39)9-21-18(22)11-23(34(51-21)15-7-19(40)27(43)20(41)8-15)53-36-33(49)31(47)29(45)25(55-36)13-50-26(42)6-3-14-1-4-16(38)5-2-14/h3,6,14-25,27-41,43-49H,1-2,4-5,7-13H2/p+1. The van der Waals surface area contributed by atoms with Crippen LogP contribution in [0.4, 0.5) is 0 Å². The molecule has 3 saturated heterocycles. The molecule has 6 aliphatic rings. The van der Waals surface area contributed by atoms with E-state index in [0.717, 1.165) is 12.8 Å². The van der Waals surface area contributed by atoms with E-state index in [9.17, 15) is 66.1 Å². The van der Waals surface area contributed by atoms with Gasteiger partial charge < -0.3 is 89.7 Å². The van der Waals surface area contributed by atoms with Crippen molar-refractivity contribution >= 4 is 5.97 Å². The number of esters is 1. The average molecular weight is 796 g/mol. The number of ether oxygens (including phenoxy) is 6. The van der Waals surface area contributed by atoms with Crippen molar-refractivity contribution in [2.75, 3.05) is 13.2 Å². The summed E-state index contributed by atoms with van der Waals surface area (Å²) in [6.45, 7) is -1.19. The highest BCUT2D eigenvalue weighted by molar-refractivity contribution is 5.81. The molecule has 0 aromatic carbocycles. The minimum atomic E-state index is -1.79. The van der Waals surface area contributed by atoms with Gasteiger partial charge in [0.1, 0.15) is 67.6 Å². The zero-order chi connectivity index (χ0) is 39.7. The molecule has 0 aromatic rings. The predicted octanol–water partition coefficient (Wildman–Crippen LogP) is -5.05. The summed E-state index contributed by atoms with van der Waals surface area (Å²) in [6.07, 6.45) is -18.6. The van der Waals surface area contributed by atoms with Crippen LogP contribution >= 0.6 is 0 Å². The average Bonchev–Trinajstić information content (AvgIpc) is 3.16. The molecule has 316 valence electrons. The van der Waals surface area contributed by atoms with Crippen LogP contribution in [-0.4, -0.2) is 202 Å². The number of hydrogen-bond donors (Lipinski definition) is 12. The topological polar surface area (TPSA) is 319 Å². The normalized spacial score (nSPS) is 51.1. The van der Waals surface area contributed by atoms with Gasteiger partial charge in [0.2, 0.25) is 0 Å². The molecule has 3 heterocycles. The van der Waals surface area contributed by atoms with Crippen molar-refractivity contribution < 1.29 is 94.5 Å². The molecule has 0 aromatic heterocycles. The lowest BCUT2D eigenvalue weighted by Crippen LogP contribution is -2.64. The lowest BCUT2D eigenvalue weighted by Gasteiger charge is -2.50. The van der Waals surface area contributed by atoms with E-state index < -0.39 is 141 Å². The Labute approximate surface area is 317 Å². The van der Waals surface area contributed by atoms with Gasteiger partial charge in [-0.15, -0.1) is 0 Å². The van der Waals surface area contributed by atoms with Crippen LogP contribution in [0.15, 0.2) is 12.2 Å². The van der Waals surface area contributed by atoms with Crippen molar-refractivity contribution in [2.24, 2.45) is 17.8 Å². The van der Waals surface area contributed by atoms with Crippen molar-refractivity contribution in [1.82, 2.24) is 0 Å². The van der Waals surface area contributed by atoms with E-state index in [1.54, 1.807) is 6.08 Å². The van der Waals surface area contributed by atoms with Crippen LogP contribution < -0.4 is 0 Å². The van der Waals surface area contributed by atoms with Crippen LogP contribution in [0.2, 0.25) is 0 Å². The van der Waals surface area contributed by atoms with Crippen LogP contribution in [0.25, 0.3) is 0 Å². The zero-order valence-corrected chi connectivity index (χ0v) is 30.4. The summed E-state index contributed by atoms with van der Waals surface area (Å²) >= 11 is 0. The second kappa shape index (κ2) is 18.6. The Kier molecular flexibility index (Phi) is 14.6. The highest BCUT2D eigenvalue weighted by Gasteiger charge is 2.57. The third-order valence-corrected chi connectivity index (χ3v) is 12.4. The number of fused-ring (bicyclic) bond motifs is 1. The molecule has 3 saturated carbocycles. The third-order valence-electron chi connectivity index (χ3n) is 12.4. The second-order valence-electron chi connectivity index (χ2n) is 16.2. The van der Waals surface area contributed by atoms with E-state index in [4.69, 9.17) is 28.4 Å². The predicted molar refractivity (Wildman–Crippen MR) is 182 cm³/mol. The van der Waals surface area contributed by atoms with E-state index in [0.29, 0.717) is 12.8 Å². The molecule has 0 amide bonds. The number of carbonyl (C=O) groups excluding carboxylic acids is 1. The Morgan fingerprint density at radius 1 is 0.636 bits per heavy atom. The molecule has 18 atom stereocenters. The highest BCUT2D eigenvalue weighted by atomic mass is 16.7. The van der Waals surface area contributed by atoms with Gasteiger partial charge in [0.25, 0.3) is 0 Å². The Morgan fingerprint density at radius 2 is 1.22 bits per heavy atom. The number of rotatable bonds is 10. The van der Waals surface area contributed by atoms with E-state index in [1.807, 2.05) is 0 Å². The van der Waals surface area contributed by atoms with Crippen molar-refractivity contribution in [1.29, 1.82) is 0 Å². The Morgan fingerprint density at radius 3 is 1.84 bits per heavy atom. The quantitative estimate of drug-likeness (QED) is 0.0559. The van der Waals surface area contributed by atoms with Crippen molar-refractivity contribution in [2.45, 2.75) is 174 Å². The van der Waals surface area contributed by atoms with E-state index >= 15 is 0 Å². The summed E-state index contributed by atoms with van der Waals surface area (Å²) in [7, 11) is 0. The number of carbonyl (C=O) groups is 1. The van der Waals surface area contributed by atoms with Crippen LogP contribution in [0, 0.1) is 17.8 Å². The van der Waals surface area contributed by atoms with Crippen molar-refractivity contribution in [3.8, 4) is 0 Å². The molecule has 19 heteroatoms. The van der Waals surface area contributed by atoms with Crippen LogP contribution in [-0.2, 0) is 28.5 Å². The van der Waals surface area contributed by atoms with Crippen LogP contribution in [0.3, 0.4) is 0 Å². The molecule has 0 spiro atoms. The number of aliphatic hydroxyl groups excluding tert-OH is 12. The maximum Gasteiger partial charge on any atom is 0.330 e. The third kappa shape index (κ3) is 9.88. The molecule has 19 nitrogen and oxygen atoms in total. The van der Waals surface area contributed by atoms with Gasteiger partial charge in [-0.25, -0.2) is 4.79 Å². The van der Waals surface area contributed by atoms with Crippen LogP contribution in [0.5, 0.6) is 0 Å². The van der Waals surface area contributed by atoms with E-state index in [1.165, 1.54) is 6.08 Å². The minimum absolute atomic E-state index is 0.0138. The van der Waals surface area contributed by atoms with Gasteiger partial charge in [-0.3, -0.25) is 0 Å². The molecule has 0 bridgehead atoms. The van der Waals surface area contributed by atoms with Crippen LogP contribution in [0.1, 0.15) is 57.8 Å². The maximum absolute atomic E-state index is 12.6. The second-order valence-corrected chi connectivity index (χ2v) is 16.2. The summed E-state index contributed by atoms with van der Waals surface area (Å²) in [5.41, 5.74) is 0. The van der Waals surface area contributed by atoms with Gasteiger partial charge >= 0.3 is 5.97 Å². The lowest BCUT2D eigenvalue weighted by molar-refractivity contribution is -0.368. The lowest BCUT2D eigenvalue weighted by atomic mass is 9.72. The van der Waals surface area contributed by atoms with E-state index in [2.05, 4.69) is 0 Å². The van der Waals surface area contributed by atoms with Gasteiger partial charge in [-0.05, 0) is 50.9 Å². The van der Waals surface area contributed by atoms with Gasteiger partial charge in [-0.1, -0.05) is 6.08 Å². The van der Waals surface area contributed by atoms with E-state index in [-0.39, 0.29) is 44.1 Å². The smallest absolute Gasteiger partial charge is 0.330 e. The first-order valence-electron chi connectivity index (χ1n) is 19.4. The number of aliphatic hydroxyl groups is 14. The molecule has 0 radical (unpaired) electrons. The fourth-order valence-corrected chi connectivity index (χ4v) is 9.11. The molecular formula is C36H59O19+. The van der Waals surface area contributed by atoms with Crippen molar-refractivity contribution in [3.63, 3.8) is 0 Å². The number of allylic oxidation sites excluding steroid dienone is 1. The van der Waals surface area contributed by atoms with Gasteiger partial charge in [0.05, 0.1) is 43.0 Å². The number of hydrogen-bond acceptors (Lipinski definition) is 18. The summed E-state index contributed by atoms with van der Waals surface area (Å²) in [5.74, 6) is -1.76. The molecule has 6 rings (SSSR count). The highest BCUT2D eigenvalue weighted by Crippen LogP contribution is 2.44. The Hall–Kier alpha value is -1.47. The summed E-state index contributed by atoms with van der Waals surface area (Å²) < 4.78 is 34.3. The first kappa shape index (κ1) is 43.1. The largest absolute Gasteiger partial charge is 0.460 e. The summed E-state index contributed by atoms with van der Waals surface area (Å²) in [5, 5.41) is 126. The Bertz CT molecular complexity index is 1250. The molecule has 13 N–H and O–H groups in total. The summed E-state index contributed by atoms with van der Waals surface area (Å²) in [6, 6.07) is 0. The Balaban J connectivity index is 1.18. The maximum atomic E-state index is 12.6. The molecule has 18 unspecified atom stereocenters. The minimum Gasteiger partial charge on any atom is -0.460 e. The fourth-order valence-electron chi connectivity index (χ4n) is 9.11. The first-order chi connectivity index (χ1) is 26.1. The van der Waals surface area contributed by atoms with Crippen molar-refractivity contribution in [3.05, 3.63) is 12.2 Å². The monoisotopic (exact) mass is 795 g/mol. The molecule has 55 heavy (non-hydrogen) atoms. The first-order valence-corrected chi connectivity index (χ1v) is 19.4. The van der Waals surface area contributed by atoms with Gasteiger partial charge in [-0.2, -0.15) is 0 Å². The molecular weight excluding hydrogens is 736 g/mol. The SMILES string of the molecule is O=C(C=CC1CCC(O)CC1)OCC1OC(OC2CC3C(OC4OC(CO)C(O)C(O)C4O)CC(O)CC3[OH+]C2C2CC(O)C(O)C(O)C2)C(O)C(O)C1O. The van der Waals surface area contributed by atoms with Gasteiger partial charge in [0.15, 0.2) is 24.8 Å². The molecule has 3 aliphatic heterocycles. The van der Waals surface area contributed by atoms with Gasteiger partial charge in [0, 0.05) is 24.8 Å². The summed E-state index contributed by atoms with van der Waals surface area (Å²) in [4.78, 5) is 12.6. The molecule has 6 fully saturated rings. The zero-order valence-electron chi connectivity index (χ0n) is 30.4.